The Balaban J connectivity index is 1.47. The van der Waals surface area contributed by atoms with Crippen molar-refractivity contribution in [2.75, 3.05) is 43.4 Å². The van der Waals surface area contributed by atoms with E-state index in [4.69, 9.17) is 11.6 Å². The third kappa shape index (κ3) is 5.15. The molecule has 0 bridgehead atoms. The maximum atomic E-state index is 11.2. The Morgan fingerprint density at radius 1 is 1.12 bits per heavy atom. The minimum absolute atomic E-state index is 0.102. The van der Waals surface area contributed by atoms with E-state index < -0.39 is 4.92 Å². The molecule has 0 spiro atoms. The number of hydrogen-bond donors (Lipinski definition) is 1. The second kappa shape index (κ2) is 9.50. The highest BCUT2D eigenvalue weighted by molar-refractivity contribution is 6.32. The van der Waals surface area contributed by atoms with Gasteiger partial charge in [-0.25, -0.2) is 9.97 Å². The van der Waals surface area contributed by atoms with Crippen molar-refractivity contribution >= 4 is 34.6 Å². The number of piperazine rings is 1. The standard InChI is InChI=1S/C23H25ClN6O2/c1-16-15-25-23(27-21(16)13-17-3-8-20(24)22(14-17)30(31)32)26-18-4-6-19(7-5-18)29-11-9-28(2)10-12-29/h3-8,14-15H,9-13H2,1-2H3,(H,25,26,27). The van der Waals surface area contributed by atoms with Gasteiger partial charge < -0.3 is 15.1 Å². The zero-order chi connectivity index (χ0) is 22.7. The van der Waals surface area contributed by atoms with Crippen molar-refractivity contribution in [3.8, 4) is 0 Å². The van der Waals surface area contributed by atoms with Gasteiger partial charge >= 0.3 is 0 Å². The molecular weight excluding hydrogens is 428 g/mol. The van der Waals surface area contributed by atoms with Gasteiger partial charge in [-0.2, -0.15) is 0 Å². The highest BCUT2D eigenvalue weighted by atomic mass is 35.5. The van der Waals surface area contributed by atoms with Crippen LogP contribution < -0.4 is 10.2 Å². The topological polar surface area (TPSA) is 87.4 Å². The van der Waals surface area contributed by atoms with Gasteiger partial charge in [0.2, 0.25) is 5.95 Å². The molecule has 0 atom stereocenters. The number of nitro benzene ring substituents is 1. The Hall–Kier alpha value is -3.23. The Bertz CT molecular complexity index is 1110. The summed E-state index contributed by atoms with van der Waals surface area (Å²) in [4.78, 5) is 24.4. The van der Waals surface area contributed by atoms with Gasteiger partial charge in [-0.05, 0) is 55.4 Å². The fourth-order valence-electron chi connectivity index (χ4n) is 3.67. The molecule has 2 heterocycles. The monoisotopic (exact) mass is 452 g/mol. The third-order valence-corrected chi connectivity index (χ3v) is 5.97. The lowest BCUT2D eigenvalue weighted by atomic mass is 10.1. The summed E-state index contributed by atoms with van der Waals surface area (Å²) in [6, 6.07) is 13.1. The van der Waals surface area contributed by atoms with E-state index >= 15 is 0 Å². The summed E-state index contributed by atoms with van der Waals surface area (Å²) in [6.07, 6.45) is 2.21. The van der Waals surface area contributed by atoms with Gasteiger partial charge in [0.15, 0.2) is 0 Å². The minimum atomic E-state index is -0.475. The van der Waals surface area contributed by atoms with E-state index in [0.29, 0.717) is 12.4 Å². The highest BCUT2D eigenvalue weighted by Gasteiger charge is 2.15. The molecule has 0 aliphatic carbocycles. The van der Waals surface area contributed by atoms with Crippen LogP contribution in [0.15, 0.2) is 48.7 Å². The van der Waals surface area contributed by atoms with Crippen LogP contribution in [0.25, 0.3) is 0 Å². The van der Waals surface area contributed by atoms with Crippen molar-refractivity contribution in [1.82, 2.24) is 14.9 Å². The molecule has 32 heavy (non-hydrogen) atoms. The summed E-state index contributed by atoms with van der Waals surface area (Å²) in [6.45, 7) is 6.11. The van der Waals surface area contributed by atoms with Crippen LogP contribution in [0.3, 0.4) is 0 Å². The fraction of sp³-hybridized carbons (Fsp3) is 0.304. The lowest BCUT2D eigenvalue weighted by molar-refractivity contribution is -0.384. The molecule has 0 saturated carbocycles. The molecule has 9 heteroatoms. The molecule has 3 aromatic rings. The van der Waals surface area contributed by atoms with Gasteiger partial charge in [-0.15, -0.1) is 0 Å². The number of likely N-dealkylation sites (N-methyl/N-ethyl adjacent to an activating group) is 1. The van der Waals surface area contributed by atoms with Gasteiger partial charge in [0.25, 0.3) is 5.69 Å². The maximum Gasteiger partial charge on any atom is 0.288 e. The van der Waals surface area contributed by atoms with Gasteiger partial charge in [0.05, 0.1) is 10.6 Å². The number of nitro groups is 1. The summed E-state index contributed by atoms with van der Waals surface area (Å²) in [5.74, 6) is 0.487. The summed E-state index contributed by atoms with van der Waals surface area (Å²) in [7, 11) is 2.15. The van der Waals surface area contributed by atoms with E-state index in [-0.39, 0.29) is 10.7 Å². The number of aryl methyl sites for hydroxylation is 1. The third-order valence-electron chi connectivity index (χ3n) is 5.65. The Labute approximate surface area is 192 Å². The normalized spacial score (nSPS) is 14.4. The number of anilines is 3. The average Bonchev–Trinajstić information content (AvgIpc) is 2.78. The van der Waals surface area contributed by atoms with Crippen molar-refractivity contribution in [2.45, 2.75) is 13.3 Å². The number of nitrogens with zero attached hydrogens (tertiary/aromatic N) is 5. The molecule has 8 nitrogen and oxygen atoms in total. The molecule has 1 fully saturated rings. The summed E-state index contributed by atoms with van der Waals surface area (Å²) in [5, 5.41) is 14.6. The van der Waals surface area contributed by atoms with Crippen molar-refractivity contribution in [1.29, 1.82) is 0 Å². The SMILES string of the molecule is Cc1cnc(Nc2ccc(N3CCN(C)CC3)cc2)nc1Cc1ccc(Cl)c([N+](=O)[O-])c1. The van der Waals surface area contributed by atoms with Gasteiger partial charge in [-0.3, -0.25) is 10.1 Å². The van der Waals surface area contributed by atoms with E-state index in [9.17, 15) is 10.1 Å². The zero-order valence-corrected chi connectivity index (χ0v) is 18.8. The lowest BCUT2D eigenvalue weighted by Gasteiger charge is -2.34. The minimum Gasteiger partial charge on any atom is -0.369 e. The van der Waals surface area contributed by atoms with E-state index in [2.05, 4.69) is 44.3 Å². The molecular formula is C23H25ClN6O2. The molecule has 0 radical (unpaired) electrons. The second-order valence-electron chi connectivity index (χ2n) is 8.01. The Morgan fingerprint density at radius 2 is 1.84 bits per heavy atom. The molecule has 2 aromatic carbocycles. The highest BCUT2D eigenvalue weighted by Crippen LogP contribution is 2.27. The van der Waals surface area contributed by atoms with Crippen LogP contribution in [-0.2, 0) is 6.42 Å². The van der Waals surface area contributed by atoms with Crippen molar-refractivity contribution < 1.29 is 4.92 Å². The van der Waals surface area contributed by atoms with Crippen molar-refractivity contribution in [3.63, 3.8) is 0 Å². The molecule has 166 valence electrons. The number of hydrogen-bond acceptors (Lipinski definition) is 7. The molecule has 1 aliphatic rings. The number of benzene rings is 2. The lowest BCUT2D eigenvalue weighted by Crippen LogP contribution is -2.44. The van der Waals surface area contributed by atoms with Crippen LogP contribution in [0.5, 0.6) is 0 Å². The zero-order valence-electron chi connectivity index (χ0n) is 18.1. The summed E-state index contributed by atoms with van der Waals surface area (Å²) in [5.41, 5.74) is 4.49. The van der Waals surface area contributed by atoms with Crippen LogP contribution in [0.2, 0.25) is 5.02 Å². The molecule has 0 unspecified atom stereocenters. The first kappa shape index (κ1) is 22.0. The number of rotatable bonds is 6. The van der Waals surface area contributed by atoms with E-state index in [1.165, 1.54) is 11.8 Å². The van der Waals surface area contributed by atoms with Crippen molar-refractivity contribution in [2.24, 2.45) is 0 Å². The van der Waals surface area contributed by atoms with E-state index in [1.54, 1.807) is 18.3 Å². The molecule has 1 aromatic heterocycles. The molecule has 4 rings (SSSR count). The van der Waals surface area contributed by atoms with Gasteiger partial charge in [0, 0.05) is 56.2 Å². The Kier molecular flexibility index (Phi) is 6.53. The molecule has 1 saturated heterocycles. The predicted molar refractivity (Wildman–Crippen MR) is 127 cm³/mol. The van der Waals surface area contributed by atoms with Crippen LogP contribution in [0.1, 0.15) is 16.8 Å². The van der Waals surface area contributed by atoms with E-state index in [0.717, 1.165) is 48.7 Å². The van der Waals surface area contributed by atoms with Crippen LogP contribution in [0.4, 0.5) is 23.0 Å². The fourth-order valence-corrected chi connectivity index (χ4v) is 3.85. The second-order valence-corrected chi connectivity index (χ2v) is 8.41. The number of halogens is 1. The first-order chi connectivity index (χ1) is 15.4. The number of nitrogens with one attached hydrogen (secondary N) is 1. The quantitative estimate of drug-likeness (QED) is 0.437. The number of aromatic nitrogens is 2. The molecule has 1 N–H and O–H groups in total. The maximum absolute atomic E-state index is 11.2. The van der Waals surface area contributed by atoms with Crippen LogP contribution >= 0.6 is 11.6 Å². The largest absolute Gasteiger partial charge is 0.369 e. The van der Waals surface area contributed by atoms with Gasteiger partial charge in [0.1, 0.15) is 5.02 Å². The van der Waals surface area contributed by atoms with Crippen LogP contribution in [-0.4, -0.2) is 53.0 Å². The van der Waals surface area contributed by atoms with Crippen LogP contribution in [0, 0.1) is 17.0 Å². The molecule has 1 aliphatic heterocycles. The van der Waals surface area contributed by atoms with Crippen molar-refractivity contribution in [3.05, 3.63) is 80.6 Å². The average molecular weight is 453 g/mol. The molecule has 0 amide bonds. The predicted octanol–water partition coefficient (Wildman–Crippen LogP) is 4.43. The summed E-state index contributed by atoms with van der Waals surface area (Å²) >= 11 is 5.93. The Morgan fingerprint density at radius 3 is 2.53 bits per heavy atom. The van der Waals surface area contributed by atoms with Gasteiger partial charge in [-0.1, -0.05) is 17.7 Å². The smallest absolute Gasteiger partial charge is 0.288 e. The first-order valence-corrected chi connectivity index (χ1v) is 10.8. The summed E-state index contributed by atoms with van der Waals surface area (Å²) < 4.78 is 0. The first-order valence-electron chi connectivity index (χ1n) is 10.4. The van der Waals surface area contributed by atoms with E-state index in [1.807, 2.05) is 19.1 Å².